The number of carbonyl (C=O) groups is 1. The minimum atomic E-state index is -0.171. The minimum absolute atomic E-state index is 0.0125. The highest BCUT2D eigenvalue weighted by Crippen LogP contribution is 2.08. The van der Waals surface area contributed by atoms with Crippen molar-refractivity contribution < 1.29 is 13.9 Å². The Morgan fingerprint density at radius 2 is 2.09 bits per heavy atom. The number of hydrogen-bond donors (Lipinski definition) is 1. The van der Waals surface area contributed by atoms with Crippen LogP contribution in [0.25, 0.3) is 0 Å². The van der Waals surface area contributed by atoms with Crippen LogP contribution in [-0.2, 0) is 11.2 Å². The summed E-state index contributed by atoms with van der Waals surface area (Å²) < 4.78 is 18.0. The number of hydrogen-bond acceptors (Lipinski definition) is 3. The summed E-state index contributed by atoms with van der Waals surface area (Å²) in [6.45, 7) is 5.34. The third-order valence-electron chi connectivity index (χ3n) is 4.07. The first kappa shape index (κ1) is 17.7. The van der Waals surface area contributed by atoms with Gasteiger partial charge in [-0.25, -0.2) is 9.18 Å². The lowest BCUT2D eigenvalue weighted by Gasteiger charge is -2.34. The van der Waals surface area contributed by atoms with Gasteiger partial charge >= 0.3 is 6.03 Å². The number of urea groups is 1. The summed E-state index contributed by atoms with van der Waals surface area (Å²) in [7, 11) is 1.62. The zero-order valence-electron chi connectivity index (χ0n) is 13.8. The number of halogens is 1. The Balaban J connectivity index is 1.62. The van der Waals surface area contributed by atoms with Gasteiger partial charge in [-0.2, -0.15) is 0 Å². The number of nitrogens with zero attached hydrogens (tertiary/aromatic N) is 2. The second kappa shape index (κ2) is 9.47. The molecule has 0 aromatic heterocycles. The van der Waals surface area contributed by atoms with Gasteiger partial charge in [0.2, 0.25) is 0 Å². The molecule has 6 heteroatoms. The minimum Gasteiger partial charge on any atom is -0.383 e. The summed E-state index contributed by atoms with van der Waals surface area (Å²) in [5, 5.41) is 2.85. The molecular weight excluding hydrogens is 297 g/mol. The smallest absolute Gasteiger partial charge is 0.317 e. The van der Waals surface area contributed by atoms with Crippen molar-refractivity contribution in [2.75, 3.05) is 53.0 Å². The van der Waals surface area contributed by atoms with Crippen molar-refractivity contribution >= 4 is 6.03 Å². The molecule has 0 saturated carbocycles. The van der Waals surface area contributed by atoms with Crippen molar-refractivity contribution in [3.8, 4) is 0 Å². The molecule has 0 atom stereocenters. The Morgan fingerprint density at radius 1 is 1.30 bits per heavy atom. The van der Waals surface area contributed by atoms with Crippen LogP contribution in [-0.4, -0.2) is 68.8 Å². The van der Waals surface area contributed by atoms with Crippen molar-refractivity contribution in [1.82, 2.24) is 15.1 Å². The van der Waals surface area contributed by atoms with Gasteiger partial charge in [0.1, 0.15) is 5.82 Å². The van der Waals surface area contributed by atoms with Crippen molar-refractivity contribution in [2.45, 2.75) is 12.8 Å². The van der Waals surface area contributed by atoms with E-state index in [0.29, 0.717) is 13.2 Å². The fourth-order valence-electron chi connectivity index (χ4n) is 2.75. The number of aryl methyl sites for hydroxylation is 1. The van der Waals surface area contributed by atoms with Gasteiger partial charge in [-0.1, -0.05) is 12.1 Å². The number of carbonyl (C=O) groups excluding carboxylic acids is 1. The van der Waals surface area contributed by atoms with Crippen LogP contribution in [0.15, 0.2) is 24.3 Å². The highest BCUT2D eigenvalue weighted by Gasteiger charge is 2.20. The normalized spacial score (nSPS) is 15.7. The molecule has 1 fully saturated rings. The standard InChI is InChI=1S/C17H26FN3O2/c1-23-13-7-19-17(22)21-11-9-20(10-12-21)8-3-5-15-4-2-6-16(18)14-15/h2,4,6,14H,3,5,7-13H2,1H3,(H,19,22). The second-order valence-electron chi connectivity index (χ2n) is 5.79. The van der Waals surface area contributed by atoms with Crippen molar-refractivity contribution in [3.63, 3.8) is 0 Å². The summed E-state index contributed by atoms with van der Waals surface area (Å²) in [5.41, 5.74) is 1.04. The molecule has 23 heavy (non-hydrogen) atoms. The average Bonchev–Trinajstić information content (AvgIpc) is 2.56. The number of ether oxygens (including phenoxy) is 1. The Hall–Kier alpha value is -1.66. The largest absolute Gasteiger partial charge is 0.383 e. The molecule has 0 aliphatic carbocycles. The Kier molecular flexibility index (Phi) is 7.29. The number of nitrogens with one attached hydrogen (secondary N) is 1. The fourth-order valence-corrected chi connectivity index (χ4v) is 2.75. The first-order chi connectivity index (χ1) is 11.2. The molecule has 128 valence electrons. The van der Waals surface area contributed by atoms with E-state index in [1.807, 2.05) is 11.0 Å². The monoisotopic (exact) mass is 323 g/mol. The van der Waals surface area contributed by atoms with Crippen LogP contribution in [0.4, 0.5) is 9.18 Å². The summed E-state index contributed by atoms with van der Waals surface area (Å²) in [4.78, 5) is 16.1. The zero-order chi connectivity index (χ0) is 16.5. The number of piperazine rings is 1. The van der Waals surface area contributed by atoms with Gasteiger partial charge in [0.05, 0.1) is 6.61 Å². The molecule has 1 heterocycles. The molecule has 1 aliphatic rings. The first-order valence-corrected chi connectivity index (χ1v) is 8.17. The second-order valence-corrected chi connectivity index (χ2v) is 5.79. The van der Waals surface area contributed by atoms with E-state index in [9.17, 15) is 9.18 Å². The SMILES string of the molecule is COCCNC(=O)N1CCN(CCCc2cccc(F)c2)CC1. The van der Waals surface area contributed by atoms with E-state index in [0.717, 1.165) is 51.1 Å². The molecule has 0 spiro atoms. The molecule has 1 N–H and O–H groups in total. The summed E-state index contributed by atoms with van der Waals surface area (Å²) >= 11 is 0. The van der Waals surface area contributed by atoms with Crippen LogP contribution in [0.2, 0.25) is 0 Å². The van der Waals surface area contributed by atoms with E-state index in [4.69, 9.17) is 4.74 Å². The molecule has 1 aromatic carbocycles. The summed E-state index contributed by atoms with van der Waals surface area (Å²) in [6, 6.07) is 6.78. The lowest BCUT2D eigenvalue weighted by Crippen LogP contribution is -2.52. The lowest BCUT2D eigenvalue weighted by molar-refractivity contribution is 0.135. The summed E-state index contributed by atoms with van der Waals surface area (Å²) in [5.74, 6) is -0.171. The highest BCUT2D eigenvalue weighted by molar-refractivity contribution is 5.74. The maximum Gasteiger partial charge on any atom is 0.317 e. The maximum absolute atomic E-state index is 13.1. The molecule has 0 radical (unpaired) electrons. The van der Waals surface area contributed by atoms with E-state index in [-0.39, 0.29) is 11.8 Å². The van der Waals surface area contributed by atoms with E-state index >= 15 is 0 Å². The molecule has 1 aromatic rings. The third kappa shape index (κ3) is 6.15. The molecular formula is C17H26FN3O2. The molecule has 2 rings (SSSR count). The topological polar surface area (TPSA) is 44.8 Å². The number of methoxy groups -OCH3 is 1. The van der Waals surface area contributed by atoms with Crippen molar-refractivity contribution in [1.29, 1.82) is 0 Å². The number of amides is 2. The Labute approximate surface area is 137 Å². The van der Waals surface area contributed by atoms with E-state index < -0.39 is 0 Å². The van der Waals surface area contributed by atoms with Gasteiger partial charge in [-0.3, -0.25) is 4.90 Å². The molecule has 5 nitrogen and oxygen atoms in total. The van der Waals surface area contributed by atoms with Gasteiger partial charge in [-0.15, -0.1) is 0 Å². The van der Waals surface area contributed by atoms with E-state index in [2.05, 4.69) is 10.2 Å². The molecule has 2 amide bonds. The molecule has 1 saturated heterocycles. The number of rotatable bonds is 7. The predicted molar refractivity (Wildman–Crippen MR) is 88.0 cm³/mol. The highest BCUT2D eigenvalue weighted by atomic mass is 19.1. The van der Waals surface area contributed by atoms with Crippen LogP contribution >= 0.6 is 0 Å². The molecule has 0 unspecified atom stereocenters. The van der Waals surface area contributed by atoms with Crippen molar-refractivity contribution in [2.24, 2.45) is 0 Å². The summed E-state index contributed by atoms with van der Waals surface area (Å²) in [6.07, 6.45) is 1.89. The van der Waals surface area contributed by atoms with Crippen LogP contribution in [0.1, 0.15) is 12.0 Å². The van der Waals surface area contributed by atoms with E-state index in [1.54, 1.807) is 19.2 Å². The fraction of sp³-hybridized carbons (Fsp3) is 0.588. The van der Waals surface area contributed by atoms with E-state index in [1.165, 1.54) is 6.07 Å². The lowest BCUT2D eigenvalue weighted by atomic mass is 10.1. The zero-order valence-corrected chi connectivity index (χ0v) is 13.8. The quantitative estimate of drug-likeness (QED) is 0.777. The third-order valence-corrected chi connectivity index (χ3v) is 4.07. The van der Waals surface area contributed by atoms with Crippen molar-refractivity contribution in [3.05, 3.63) is 35.6 Å². The molecule has 0 bridgehead atoms. The van der Waals surface area contributed by atoms with Crippen LogP contribution < -0.4 is 5.32 Å². The molecule has 1 aliphatic heterocycles. The predicted octanol–water partition coefficient (Wildman–Crippen LogP) is 1.73. The maximum atomic E-state index is 13.1. The van der Waals surface area contributed by atoms with Gasteiger partial charge in [0, 0.05) is 39.8 Å². The first-order valence-electron chi connectivity index (χ1n) is 8.17. The average molecular weight is 323 g/mol. The van der Waals surface area contributed by atoms with Gasteiger partial charge < -0.3 is 15.0 Å². The number of benzene rings is 1. The van der Waals surface area contributed by atoms with Crippen LogP contribution in [0.3, 0.4) is 0 Å². The van der Waals surface area contributed by atoms with Crippen LogP contribution in [0.5, 0.6) is 0 Å². The Bertz CT molecular complexity index is 490. The van der Waals surface area contributed by atoms with Gasteiger partial charge in [0.15, 0.2) is 0 Å². The van der Waals surface area contributed by atoms with Gasteiger partial charge in [0.25, 0.3) is 0 Å². The van der Waals surface area contributed by atoms with Crippen LogP contribution in [0, 0.1) is 5.82 Å². The van der Waals surface area contributed by atoms with Gasteiger partial charge in [-0.05, 0) is 37.1 Å². The Morgan fingerprint density at radius 3 is 2.78 bits per heavy atom.